The molecule has 0 aliphatic rings. The molecule has 1 aromatic carbocycles. The molecule has 4 heteroatoms. The average molecular weight is 259 g/mol. The van der Waals surface area contributed by atoms with Crippen LogP contribution in [0.5, 0.6) is 0 Å². The number of thiophene rings is 1. The minimum Gasteiger partial charge on any atom is -0.325 e. The number of nitrogens with one attached hydrogen (secondary N) is 2. The number of benzene rings is 1. The number of aromatic amines is 1. The third kappa shape index (κ3) is 2.54. The quantitative estimate of drug-likeness (QED) is 0.700. The maximum atomic E-state index is 4.47. The molecule has 3 rings (SSSR count). The molecule has 94 valence electrons. The molecule has 0 amide bonds. The van der Waals surface area contributed by atoms with Gasteiger partial charge in [0.25, 0.3) is 0 Å². The molecule has 18 heavy (non-hydrogen) atoms. The van der Waals surface area contributed by atoms with Crippen LogP contribution in [0.1, 0.15) is 19.4 Å². The Hall–Kier alpha value is -1.81. The molecule has 0 unspecified atom stereocenters. The second-order valence-electron chi connectivity index (χ2n) is 3.70. The Balaban J connectivity index is 0.000000574. The summed E-state index contributed by atoms with van der Waals surface area (Å²) in [5.74, 6) is 0.794. The van der Waals surface area contributed by atoms with Crippen molar-refractivity contribution in [2.45, 2.75) is 20.8 Å². The number of H-pyrrole nitrogens is 1. The van der Waals surface area contributed by atoms with E-state index in [4.69, 9.17) is 0 Å². The predicted octanol–water partition coefficient (Wildman–Crippen LogP) is 4.70. The Morgan fingerprint density at radius 3 is 2.61 bits per heavy atom. The fourth-order valence-corrected chi connectivity index (χ4v) is 2.41. The van der Waals surface area contributed by atoms with Gasteiger partial charge in [-0.3, -0.25) is 0 Å². The Morgan fingerprint density at radius 1 is 1.17 bits per heavy atom. The molecule has 0 bridgehead atoms. The summed E-state index contributed by atoms with van der Waals surface area (Å²) < 4.78 is 0. The Kier molecular flexibility index (Phi) is 3.99. The molecule has 0 aliphatic heterocycles. The molecule has 0 radical (unpaired) electrons. The number of hydrogen-bond donors (Lipinski definition) is 2. The first-order valence-corrected chi connectivity index (χ1v) is 7.02. The maximum Gasteiger partial charge on any atom is 0.205 e. The standard InChI is InChI=1S/C12H11N3S.C2H6/c1-8-6-16-7-11(8)15-12-13-9-4-2-3-5-10(9)14-12;1-2/h2-7H,1H3,(H2,13,14,15);1-2H3. The lowest BCUT2D eigenvalue weighted by Crippen LogP contribution is -1.91. The summed E-state index contributed by atoms with van der Waals surface area (Å²) in [4.78, 5) is 7.71. The van der Waals surface area contributed by atoms with Crippen molar-refractivity contribution in [1.29, 1.82) is 0 Å². The van der Waals surface area contributed by atoms with Gasteiger partial charge in [-0.05, 0) is 30.0 Å². The van der Waals surface area contributed by atoms with E-state index in [-0.39, 0.29) is 0 Å². The van der Waals surface area contributed by atoms with Gasteiger partial charge in [0, 0.05) is 5.38 Å². The average Bonchev–Trinajstić information content (AvgIpc) is 2.99. The van der Waals surface area contributed by atoms with Gasteiger partial charge >= 0.3 is 0 Å². The van der Waals surface area contributed by atoms with Gasteiger partial charge in [0.05, 0.1) is 16.7 Å². The highest BCUT2D eigenvalue weighted by atomic mass is 32.1. The first-order valence-electron chi connectivity index (χ1n) is 6.07. The molecule has 2 heterocycles. The van der Waals surface area contributed by atoms with E-state index in [0.717, 1.165) is 22.7 Å². The van der Waals surface area contributed by atoms with E-state index in [2.05, 4.69) is 33.0 Å². The van der Waals surface area contributed by atoms with E-state index in [1.807, 2.05) is 38.1 Å². The highest BCUT2D eigenvalue weighted by Gasteiger charge is 2.04. The van der Waals surface area contributed by atoms with E-state index in [0.29, 0.717) is 0 Å². The number of aryl methyl sites for hydroxylation is 1. The number of hydrogen-bond acceptors (Lipinski definition) is 3. The van der Waals surface area contributed by atoms with E-state index < -0.39 is 0 Å². The maximum absolute atomic E-state index is 4.47. The van der Waals surface area contributed by atoms with Crippen LogP contribution in [-0.4, -0.2) is 9.97 Å². The van der Waals surface area contributed by atoms with E-state index >= 15 is 0 Å². The zero-order chi connectivity index (χ0) is 13.0. The summed E-state index contributed by atoms with van der Waals surface area (Å²) in [6.07, 6.45) is 0. The summed E-state index contributed by atoms with van der Waals surface area (Å²) >= 11 is 1.69. The highest BCUT2D eigenvalue weighted by molar-refractivity contribution is 7.08. The molecule has 0 aliphatic carbocycles. The van der Waals surface area contributed by atoms with Crippen LogP contribution in [-0.2, 0) is 0 Å². The lowest BCUT2D eigenvalue weighted by Gasteiger charge is -1.99. The van der Waals surface area contributed by atoms with Gasteiger partial charge in [-0.2, -0.15) is 0 Å². The van der Waals surface area contributed by atoms with Crippen molar-refractivity contribution in [2.24, 2.45) is 0 Å². The van der Waals surface area contributed by atoms with Crippen LogP contribution < -0.4 is 5.32 Å². The minimum atomic E-state index is 0.794. The number of para-hydroxylation sites is 2. The molecule has 2 N–H and O–H groups in total. The summed E-state index contributed by atoms with van der Waals surface area (Å²) in [5, 5.41) is 7.49. The van der Waals surface area contributed by atoms with Crippen LogP contribution in [0.15, 0.2) is 35.0 Å². The predicted molar refractivity (Wildman–Crippen MR) is 79.8 cm³/mol. The van der Waals surface area contributed by atoms with Crippen molar-refractivity contribution >= 4 is 34.0 Å². The summed E-state index contributed by atoms with van der Waals surface area (Å²) in [5.41, 5.74) is 4.39. The smallest absolute Gasteiger partial charge is 0.205 e. The number of aromatic nitrogens is 2. The summed E-state index contributed by atoms with van der Waals surface area (Å²) in [7, 11) is 0. The SMILES string of the molecule is CC.Cc1cscc1Nc1nc2ccccc2[nH]1. The highest BCUT2D eigenvalue weighted by Crippen LogP contribution is 2.23. The van der Waals surface area contributed by atoms with Gasteiger partial charge in [0.15, 0.2) is 0 Å². The van der Waals surface area contributed by atoms with Crippen molar-refractivity contribution in [2.75, 3.05) is 5.32 Å². The van der Waals surface area contributed by atoms with E-state index in [1.54, 1.807) is 11.3 Å². The van der Waals surface area contributed by atoms with E-state index in [1.165, 1.54) is 5.56 Å². The largest absolute Gasteiger partial charge is 0.325 e. The van der Waals surface area contributed by atoms with Crippen LogP contribution in [0.2, 0.25) is 0 Å². The van der Waals surface area contributed by atoms with Gasteiger partial charge in [0.2, 0.25) is 5.95 Å². The second kappa shape index (κ2) is 5.69. The lowest BCUT2D eigenvalue weighted by molar-refractivity contribution is 1.30. The van der Waals surface area contributed by atoms with Gasteiger partial charge in [-0.1, -0.05) is 26.0 Å². The first kappa shape index (κ1) is 12.6. The topological polar surface area (TPSA) is 40.7 Å². The van der Waals surface area contributed by atoms with Gasteiger partial charge in [0.1, 0.15) is 0 Å². The zero-order valence-electron chi connectivity index (χ0n) is 10.8. The molecular formula is C14H17N3S. The van der Waals surface area contributed by atoms with Crippen LogP contribution in [0, 0.1) is 6.92 Å². The molecule has 0 saturated heterocycles. The number of imidazole rings is 1. The minimum absolute atomic E-state index is 0.794. The van der Waals surface area contributed by atoms with E-state index in [9.17, 15) is 0 Å². The number of fused-ring (bicyclic) bond motifs is 1. The monoisotopic (exact) mass is 259 g/mol. The fraction of sp³-hybridized carbons (Fsp3) is 0.214. The molecule has 0 saturated carbocycles. The fourth-order valence-electron chi connectivity index (χ4n) is 1.63. The zero-order valence-corrected chi connectivity index (χ0v) is 11.6. The number of rotatable bonds is 2. The molecule has 0 fully saturated rings. The van der Waals surface area contributed by atoms with Crippen molar-refractivity contribution in [3.8, 4) is 0 Å². The Bertz CT molecular complexity index is 592. The normalized spacial score (nSPS) is 9.94. The molecule has 3 aromatic rings. The third-order valence-corrected chi connectivity index (χ3v) is 3.36. The van der Waals surface area contributed by atoms with Crippen LogP contribution in [0.4, 0.5) is 11.6 Å². The van der Waals surface area contributed by atoms with Crippen molar-refractivity contribution in [1.82, 2.24) is 9.97 Å². The van der Waals surface area contributed by atoms with Crippen LogP contribution >= 0.6 is 11.3 Å². The molecular weight excluding hydrogens is 242 g/mol. The molecule has 3 nitrogen and oxygen atoms in total. The molecule has 0 spiro atoms. The first-order chi connectivity index (χ1) is 8.83. The van der Waals surface area contributed by atoms with Gasteiger partial charge < -0.3 is 10.3 Å². The number of nitrogens with zero attached hydrogens (tertiary/aromatic N) is 1. The summed E-state index contributed by atoms with van der Waals surface area (Å²) in [6, 6.07) is 8.01. The second-order valence-corrected chi connectivity index (χ2v) is 4.44. The van der Waals surface area contributed by atoms with Crippen molar-refractivity contribution < 1.29 is 0 Å². The van der Waals surface area contributed by atoms with Crippen molar-refractivity contribution in [3.63, 3.8) is 0 Å². The Labute approximate surface area is 111 Å². The van der Waals surface area contributed by atoms with Crippen LogP contribution in [0.3, 0.4) is 0 Å². The molecule has 2 aromatic heterocycles. The van der Waals surface area contributed by atoms with Crippen LogP contribution in [0.25, 0.3) is 11.0 Å². The van der Waals surface area contributed by atoms with Gasteiger partial charge in [-0.15, -0.1) is 11.3 Å². The van der Waals surface area contributed by atoms with Crippen molar-refractivity contribution in [3.05, 3.63) is 40.6 Å². The third-order valence-electron chi connectivity index (χ3n) is 2.50. The van der Waals surface area contributed by atoms with Gasteiger partial charge in [-0.25, -0.2) is 4.98 Å². The number of anilines is 2. The Morgan fingerprint density at radius 2 is 1.94 bits per heavy atom. The molecule has 0 atom stereocenters. The summed E-state index contributed by atoms with van der Waals surface area (Å²) in [6.45, 7) is 6.08. The lowest BCUT2D eigenvalue weighted by atomic mass is 10.3.